The number of ether oxygens (including phenoxy) is 1. The first kappa shape index (κ1) is 19.7. The van der Waals surface area contributed by atoms with Crippen molar-refractivity contribution >= 4 is 0 Å². The van der Waals surface area contributed by atoms with E-state index in [1.165, 1.54) is 0 Å². The maximum Gasteiger partial charge on any atom is 0.210 e. The van der Waals surface area contributed by atoms with Gasteiger partial charge in [0.2, 0.25) is 5.76 Å². The number of aliphatic hydroxyl groups is 2. The zero-order valence-corrected chi connectivity index (χ0v) is 15.9. The minimum Gasteiger partial charge on any atom is -0.494 e. The summed E-state index contributed by atoms with van der Waals surface area (Å²) in [6, 6.07) is 9.05. The van der Waals surface area contributed by atoms with Crippen LogP contribution in [0.4, 0.5) is 0 Å². The lowest BCUT2D eigenvalue weighted by Crippen LogP contribution is -2.12. The number of rotatable bonds is 7. The quantitative estimate of drug-likeness (QED) is 0.483. The van der Waals surface area contributed by atoms with E-state index in [1.54, 1.807) is 25.4 Å². The Bertz CT molecular complexity index is 948. The first-order chi connectivity index (χ1) is 13.6. The second-order valence-electron chi connectivity index (χ2n) is 6.36. The topological polar surface area (TPSA) is 93.5 Å². The number of hydrogen-bond acceptors (Lipinski definition) is 6. The third-order valence-corrected chi connectivity index (χ3v) is 4.20. The van der Waals surface area contributed by atoms with Crippen molar-refractivity contribution in [2.45, 2.75) is 32.4 Å². The van der Waals surface area contributed by atoms with E-state index in [-0.39, 0.29) is 12.6 Å². The van der Waals surface area contributed by atoms with Crippen molar-refractivity contribution in [1.82, 2.24) is 14.7 Å². The molecule has 0 spiro atoms. The Balaban J connectivity index is 1.67. The lowest BCUT2D eigenvalue weighted by atomic mass is 10.2. The van der Waals surface area contributed by atoms with Gasteiger partial charge in [-0.25, -0.2) is 4.98 Å². The molecule has 0 aliphatic rings. The third-order valence-electron chi connectivity index (χ3n) is 4.20. The van der Waals surface area contributed by atoms with Crippen LogP contribution in [0.2, 0.25) is 0 Å². The molecule has 0 aliphatic heterocycles. The molecule has 7 heteroatoms. The zero-order chi connectivity index (χ0) is 19.9. The van der Waals surface area contributed by atoms with Gasteiger partial charge in [0.25, 0.3) is 0 Å². The summed E-state index contributed by atoms with van der Waals surface area (Å²) in [5, 5.41) is 22.7. The monoisotopic (exact) mass is 381 g/mol. The number of benzene rings is 1. The fourth-order valence-corrected chi connectivity index (χ4v) is 2.69. The normalized spacial score (nSPS) is 12.9. The number of aliphatic hydroxyl groups excluding tert-OH is 2. The number of aromatic nitrogens is 3. The molecule has 2 heterocycles. The highest BCUT2D eigenvalue weighted by Gasteiger charge is 2.18. The Morgan fingerprint density at radius 2 is 2.00 bits per heavy atom. The Morgan fingerprint density at radius 3 is 2.71 bits per heavy atom. The van der Waals surface area contributed by atoms with Crippen LogP contribution in [0.5, 0.6) is 5.75 Å². The Hall–Kier alpha value is -3.08. The van der Waals surface area contributed by atoms with Gasteiger partial charge < -0.3 is 24.0 Å². The van der Waals surface area contributed by atoms with Crippen molar-refractivity contribution in [2.24, 2.45) is 0 Å². The molecule has 146 valence electrons. The summed E-state index contributed by atoms with van der Waals surface area (Å²) >= 11 is 0. The van der Waals surface area contributed by atoms with Crippen LogP contribution in [0.15, 0.2) is 47.2 Å². The van der Waals surface area contributed by atoms with Gasteiger partial charge in [-0.15, -0.1) is 0 Å². The standard InChI is InChI=1S/C21H23N3O4/c1-15(24-11-10-22-21(24)16(2)26)20-14-19(28-23-20)9-6-17-4-7-18(8-5-17)27-13-3-12-25/h4-5,7-8,10-11,14-16,25-26H,3,12-13H2,1-2H3/t15?,16-/m0/s1. The van der Waals surface area contributed by atoms with Gasteiger partial charge in [-0.1, -0.05) is 11.1 Å². The molecule has 0 saturated heterocycles. The van der Waals surface area contributed by atoms with E-state index >= 15 is 0 Å². The highest BCUT2D eigenvalue weighted by molar-refractivity contribution is 5.42. The molecule has 0 saturated carbocycles. The molecule has 7 nitrogen and oxygen atoms in total. The van der Waals surface area contributed by atoms with E-state index in [0.717, 1.165) is 11.3 Å². The fraction of sp³-hybridized carbons (Fsp3) is 0.333. The number of nitrogens with zero attached hydrogens (tertiary/aromatic N) is 3. The molecule has 0 aliphatic carbocycles. The van der Waals surface area contributed by atoms with Crippen molar-refractivity contribution in [3.8, 4) is 17.6 Å². The molecular weight excluding hydrogens is 358 g/mol. The van der Waals surface area contributed by atoms with Crippen molar-refractivity contribution in [3.63, 3.8) is 0 Å². The molecule has 0 radical (unpaired) electrons. The molecule has 1 unspecified atom stereocenters. The molecule has 0 fully saturated rings. The third kappa shape index (κ3) is 4.80. The SMILES string of the molecule is CC(c1cc(C#Cc2ccc(OCCCO)cc2)on1)n1ccnc1[C@H](C)O. The molecule has 0 amide bonds. The van der Waals surface area contributed by atoms with Gasteiger partial charge >= 0.3 is 0 Å². The second kappa shape index (κ2) is 9.22. The maximum atomic E-state index is 9.82. The lowest BCUT2D eigenvalue weighted by molar-refractivity contribution is 0.182. The van der Waals surface area contributed by atoms with Gasteiger partial charge in [-0.3, -0.25) is 0 Å². The molecule has 2 N–H and O–H groups in total. The summed E-state index contributed by atoms with van der Waals surface area (Å²) in [5.41, 5.74) is 1.53. The summed E-state index contributed by atoms with van der Waals surface area (Å²) in [7, 11) is 0. The maximum absolute atomic E-state index is 9.82. The first-order valence-corrected chi connectivity index (χ1v) is 9.11. The molecule has 0 bridgehead atoms. The van der Waals surface area contributed by atoms with Crippen LogP contribution in [0.25, 0.3) is 0 Å². The van der Waals surface area contributed by atoms with Crippen molar-refractivity contribution in [1.29, 1.82) is 0 Å². The minimum atomic E-state index is -0.667. The van der Waals surface area contributed by atoms with Crippen LogP contribution < -0.4 is 4.74 Å². The van der Waals surface area contributed by atoms with E-state index in [4.69, 9.17) is 14.4 Å². The number of imidazole rings is 1. The summed E-state index contributed by atoms with van der Waals surface area (Å²) < 4.78 is 12.7. The summed E-state index contributed by atoms with van der Waals surface area (Å²) in [4.78, 5) is 4.18. The largest absolute Gasteiger partial charge is 0.494 e. The first-order valence-electron chi connectivity index (χ1n) is 9.11. The van der Waals surface area contributed by atoms with Crippen LogP contribution in [0.3, 0.4) is 0 Å². The van der Waals surface area contributed by atoms with Gasteiger partial charge in [0.15, 0.2) is 0 Å². The van der Waals surface area contributed by atoms with E-state index in [2.05, 4.69) is 22.0 Å². The minimum absolute atomic E-state index is 0.114. The predicted octanol–water partition coefficient (Wildman–Crippen LogP) is 2.69. The Kier molecular flexibility index (Phi) is 6.48. The average Bonchev–Trinajstić information content (AvgIpc) is 3.37. The van der Waals surface area contributed by atoms with Crippen LogP contribution >= 0.6 is 0 Å². The van der Waals surface area contributed by atoms with Gasteiger partial charge in [0, 0.05) is 37.1 Å². The van der Waals surface area contributed by atoms with Crippen LogP contribution in [0, 0.1) is 11.8 Å². The Labute approximate surface area is 163 Å². The smallest absolute Gasteiger partial charge is 0.210 e. The molecule has 3 aromatic rings. The van der Waals surface area contributed by atoms with E-state index in [9.17, 15) is 5.11 Å². The molecular formula is C21H23N3O4. The van der Waals surface area contributed by atoms with Gasteiger partial charge in [0.05, 0.1) is 12.6 Å². The van der Waals surface area contributed by atoms with E-state index in [1.807, 2.05) is 35.8 Å². The molecule has 28 heavy (non-hydrogen) atoms. The van der Waals surface area contributed by atoms with E-state index in [0.29, 0.717) is 30.3 Å². The van der Waals surface area contributed by atoms with E-state index < -0.39 is 6.10 Å². The fourth-order valence-electron chi connectivity index (χ4n) is 2.69. The average molecular weight is 381 g/mol. The zero-order valence-electron chi connectivity index (χ0n) is 15.9. The highest BCUT2D eigenvalue weighted by atomic mass is 16.5. The number of hydrogen-bond donors (Lipinski definition) is 2. The molecule has 1 aromatic carbocycles. The second-order valence-corrected chi connectivity index (χ2v) is 6.36. The molecule has 3 rings (SSSR count). The Morgan fingerprint density at radius 1 is 1.21 bits per heavy atom. The summed E-state index contributed by atoms with van der Waals surface area (Å²) in [6.07, 6.45) is 3.39. The van der Waals surface area contributed by atoms with Crippen LogP contribution in [-0.2, 0) is 0 Å². The summed E-state index contributed by atoms with van der Waals surface area (Å²) in [5.74, 6) is 7.77. The van der Waals surface area contributed by atoms with Crippen LogP contribution in [-0.4, -0.2) is 38.1 Å². The predicted molar refractivity (Wildman–Crippen MR) is 103 cm³/mol. The van der Waals surface area contributed by atoms with Crippen LogP contribution in [0.1, 0.15) is 55.3 Å². The van der Waals surface area contributed by atoms with Crippen molar-refractivity contribution < 1.29 is 19.5 Å². The highest BCUT2D eigenvalue weighted by Crippen LogP contribution is 2.22. The van der Waals surface area contributed by atoms with Gasteiger partial charge in [-0.2, -0.15) is 0 Å². The van der Waals surface area contributed by atoms with Gasteiger partial charge in [0.1, 0.15) is 23.4 Å². The van der Waals surface area contributed by atoms with Gasteiger partial charge in [-0.05, 0) is 44.0 Å². The molecule has 2 aromatic heterocycles. The lowest BCUT2D eigenvalue weighted by Gasteiger charge is -2.14. The molecule has 2 atom stereocenters. The summed E-state index contributed by atoms with van der Waals surface area (Å²) in [6.45, 7) is 4.23. The van der Waals surface area contributed by atoms with Crippen molar-refractivity contribution in [2.75, 3.05) is 13.2 Å². The van der Waals surface area contributed by atoms with Crippen molar-refractivity contribution in [3.05, 3.63) is 65.6 Å².